The molecule has 19 heavy (non-hydrogen) atoms. The van der Waals surface area contributed by atoms with Crippen LogP contribution in [-0.2, 0) is 4.79 Å². The van der Waals surface area contributed by atoms with Crippen LogP contribution in [0.1, 0.15) is 23.2 Å². The second-order valence-electron chi connectivity index (χ2n) is 4.64. The van der Waals surface area contributed by atoms with E-state index in [0.717, 1.165) is 12.8 Å². The summed E-state index contributed by atoms with van der Waals surface area (Å²) in [7, 11) is 1.50. The number of rotatable bonds is 5. The van der Waals surface area contributed by atoms with E-state index in [1.54, 1.807) is 0 Å². The van der Waals surface area contributed by atoms with Crippen LogP contribution in [0.2, 0.25) is 0 Å². The van der Waals surface area contributed by atoms with Gasteiger partial charge in [-0.2, -0.15) is 0 Å². The number of carbonyl (C=O) groups is 2. The number of anilines is 1. The molecule has 1 aliphatic carbocycles. The number of hydrogen-bond donors (Lipinski definition) is 2. The Hall–Kier alpha value is -2.11. The number of nitrogens with one attached hydrogen (secondary N) is 1. The first kappa shape index (κ1) is 13.3. The molecule has 0 heterocycles. The summed E-state index contributed by atoms with van der Waals surface area (Å²) in [4.78, 5) is 24.0. The maximum atomic E-state index is 13.7. The van der Waals surface area contributed by atoms with Gasteiger partial charge in [-0.05, 0) is 25.0 Å². The quantitative estimate of drug-likeness (QED) is 0.841. The minimum absolute atomic E-state index is 0.0686. The van der Waals surface area contributed by atoms with Crippen molar-refractivity contribution in [2.45, 2.75) is 18.9 Å². The maximum Gasteiger partial charge on any atom is 0.337 e. The smallest absolute Gasteiger partial charge is 0.337 e. The molecule has 1 fully saturated rings. The molecule has 6 heteroatoms. The average Bonchev–Trinajstić information content (AvgIpc) is 3.11. The molecule has 0 aromatic heterocycles. The van der Waals surface area contributed by atoms with Gasteiger partial charge in [0.15, 0.2) is 0 Å². The number of hydrogen-bond acceptors (Lipinski definition) is 3. The van der Waals surface area contributed by atoms with Crippen molar-refractivity contribution in [3.05, 3.63) is 29.6 Å². The molecule has 2 rings (SSSR count). The highest BCUT2D eigenvalue weighted by molar-refractivity contribution is 5.95. The molecular formula is C13H15FN2O3. The van der Waals surface area contributed by atoms with Crippen LogP contribution in [-0.4, -0.2) is 36.6 Å². The molecule has 1 aliphatic rings. The number of amides is 1. The third kappa shape index (κ3) is 3.21. The van der Waals surface area contributed by atoms with Crippen molar-refractivity contribution < 1.29 is 19.1 Å². The summed E-state index contributed by atoms with van der Waals surface area (Å²) in [6.45, 7) is -0.0717. The highest BCUT2D eigenvalue weighted by atomic mass is 19.1. The largest absolute Gasteiger partial charge is 0.478 e. The lowest BCUT2D eigenvalue weighted by Crippen LogP contribution is -2.37. The Morgan fingerprint density at radius 3 is 2.74 bits per heavy atom. The molecule has 0 bridgehead atoms. The third-order valence-electron chi connectivity index (χ3n) is 2.92. The van der Waals surface area contributed by atoms with Gasteiger partial charge >= 0.3 is 5.97 Å². The first-order valence-electron chi connectivity index (χ1n) is 6.01. The second-order valence-corrected chi connectivity index (χ2v) is 4.64. The van der Waals surface area contributed by atoms with Gasteiger partial charge in [0.1, 0.15) is 5.82 Å². The predicted octanol–water partition coefficient (Wildman–Crippen LogP) is 1.24. The van der Waals surface area contributed by atoms with E-state index < -0.39 is 11.8 Å². The van der Waals surface area contributed by atoms with Crippen LogP contribution in [0.5, 0.6) is 0 Å². The number of benzene rings is 1. The van der Waals surface area contributed by atoms with E-state index in [2.05, 4.69) is 5.32 Å². The van der Waals surface area contributed by atoms with Gasteiger partial charge in [0.2, 0.25) is 5.91 Å². The molecular weight excluding hydrogens is 251 g/mol. The molecule has 0 saturated heterocycles. The Balaban J connectivity index is 2.14. The predicted molar refractivity (Wildman–Crippen MR) is 67.8 cm³/mol. The fourth-order valence-electron chi connectivity index (χ4n) is 1.87. The summed E-state index contributed by atoms with van der Waals surface area (Å²) in [6.07, 6.45) is 1.94. The molecule has 1 amide bonds. The fourth-order valence-corrected chi connectivity index (χ4v) is 1.87. The highest BCUT2D eigenvalue weighted by Gasteiger charge is 2.25. The van der Waals surface area contributed by atoms with Crippen molar-refractivity contribution in [2.24, 2.45) is 0 Å². The molecule has 0 spiro atoms. The maximum absolute atomic E-state index is 13.7. The van der Waals surface area contributed by atoms with Crippen LogP contribution in [0.25, 0.3) is 0 Å². The number of carboxylic acid groups (broad SMARTS) is 1. The van der Waals surface area contributed by atoms with Gasteiger partial charge in [0.25, 0.3) is 0 Å². The summed E-state index contributed by atoms with van der Waals surface area (Å²) < 4.78 is 13.7. The number of likely N-dealkylation sites (N-methyl/N-ethyl adjacent to an activating group) is 1. The molecule has 1 aromatic carbocycles. The minimum Gasteiger partial charge on any atom is -0.478 e. The molecule has 2 N–H and O–H groups in total. The van der Waals surface area contributed by atoms with Gasteiger partial charge in [0, 0.05) is 13.1 Å². The normalized spacial score (nSPS) is 14.0. The molecule has 102 valence electrons. The molecule has 1 aromatic rings. The fraction of sp³-hybridized carbons (Fsp3) is 0.385. The molecule has 5 nitrogen and oxygen atoms in total. The van der Waals surface area contributed by atoms with E-state index in [-0.39, 0.29) is 29.7 Å². The first-order valence-corrected chi connectivity index (χ1v) is 6.01. The summed E-state index contributed by atoms with van der Waals surface area (Å²) in [5.74, 6) is -2.10. The lowest BCUT2D eigenvalue weighted by Gasteiger charge is -2.21. The van der Waals surface area contributed by atoms with E-state index in [1.807, 2.05) is 0 Å². The zero-order valence-corrected chi connectivity index (χ0v) is 10.5. The molecule has 1 saturated carbocycles. The van der Waals surface area contributed by atoms with Crippen LogP contribution < -0.4 is 10.2 Å². The Bertz CT molecular complexity index is 515. The van der Waals surface area contributed by atoms with Crippen LogP contribution in [0.3, 0.4) is 0 Å². The molecule has 0 radical (unpaired) electrons. The van der Waals surface area contributed by atoms with E-state index in [4.69, 9.17) is 5.11 Å². The summed E-state index contributed by atoms with van der Waals surface area (Å²) >= 11 is 0. The molecule has 0 atom stereocenters. The van der Waals surface area contributed by atoms with E-state index in [0.29, 0.717) is 0 Å². The van der Waals surface area contributed by atoms with Gasteiger partial charge in [-0.1, -0.05) is 6.07 Å². The average molecular weight is 266 g/mol. The molecule has 0 aliphatic heterocycles. The topological polar surface area (TPSA) is 69.6 Å². The van der Waals surface area contributed by atoms with Crippen molar-refractivity contribution in [3.8, 4) is 0 Å². The SMILES string of the molecule is CN(CC(=O)NC1CC1)c1c(F)cccc1C(=O)O. The number of carboxylic acids is 1. The van der Waals surface area contributed by atoms with Gasteiger partial charge in [-0.25, -0.2) is 9.18 Å². The van der Waals surface area contributed by atoms with Crippen molar-refractivity contribution >= 4 is 17.6 Å². The number of halogens is 1. The van der Waals surface area contributed by atoms with Gasteiger partial charge in [-0.15, -0.1) is 0 Å². The Morgan fingerprint density at radius 2 is 2.16 bits per heavy atom. The van der Waals surface area contributed by atoms with Crippen LogP contribution in [0, 0.1) is 5.82 Å². The summed E-state index contributed by atoms with van der Waals surface area (Å²) in [5, 5.41) is 11.8. The van der Waals surface area contributed by atoms with Gasteiger partial charge in [-0.3, -0.25) is 4.79 Å². The van der Waals surface area contributed by atoms with Gasteiger partial charge < -0.3 is 15.3 Å². The lowest BCUT2D eigenvalue weighted by molar-refractivity contribution is -0.119. The number of aromatic carboxylic acids is 1. The van der Waals surface area contributed by atoms with Crippen LogP contribution >= 0.6 is 0 Å². The number of para-hydroxylation sites is 1. The zero-order valence-electron chi connectivity index (χ0n) is 10.5. The van der Waals surface area contributed by atoms with Crippen LogP contribution in [0.15, 0.2) is 18.2 Å². The van der Waals surface area contributed by atoms with E-state index >= 15 is 0 Å². The zero-order chi connectivity index (χ0) is 14.0. The highest BCUT2D eigenvalue weighted by Crippen LogP contribution is 2.24. The Kier molecular flexibility index (Phi) is 3.69. The monoisotopic (exact) mass is 266 g/mol. The van der Waals surface area contributed by atoms with Crippen molar-refractivity contribution in [3.63, 3.8) is 0 Å². The second kappa shape index (κ2) is 5.26. The minimum atomic E-state index is -1.22. The first-order chi connectivity index (χ1) is 8.99. The van der Waals surface area contributed by atoms with E-state index in [1.165, 1.54) is 30.1 Å². The summed E-state index contributed by atoms with van der Waals surface area (Å²) in [5.41, 5.74) is -0.220. The third-order valence-corrected chi connectivity index (χ3v) is 2.92. The number of carbonyl (C=O) groups excluding carboxylic acids is 1. The van der Waals surface area contributed by atoms with Crippen LogP contribution in [0.4, 0.5) is 10.1 Å². The summed E-state index contributed by atoms with van der Waals surface area (Å²) in [6, 6.07) is 4.05. The Labute approximate surface area is 110 Å². The van der Waals surface area contributed by atoms with Crippen molar-refractivity contribution in [1.82, 2.24) is 5.32 Å². The van der Waals surface area contributed by atoms with Gasteiger partial charge in [0.05, 0.1) is 17.8 Å². The Morgan fingerprint density at radius 1 is 1.47 bits per heavy atom. The molecule has 0 unspecified atom stereocenters. The van der Waals surface area contributed by atoms with Crippen molar-refractivity contribution in [2.75, 3.05) is 18.5 Å². The number of nitrogens with zero attached hydrogens (tertiary/aromatic N) is 1. The van der Waals surface area contributed by atoms with Crippen molar-refractivity contribution in [1.29, 1.82) is 0 Å². The lowest BCUT2D eigenvalue weighted by atomic mass is 10.1. The standard InChI is InChI=1S/C13H15FN2O3/c1-16(7-11(17)15-8-5-6-8)12-9(13(18)19)3-2-4-10(12)14/h2-4,8H,5-7H2,1H3,(H,15,17)(H,18,19). The van der Waals surface area contributed by atoms with E-state index in [9.17, 15) is 14.0 Å².